The van der Waals surface area contributed by atoms with Crippen LogP contribution in [0.15, 0.2) is 30.5 Å². The van der Waals surface area contributed by atoms with E-state index in [0.717, 1.165) is 6.07 Å². The second-order valence-corrected chi connectivity index (χ2v) is 4.83. The Hall–Kier alpha value is -0.950. The Morgan fingerprint density at radius 3 is 2.65 bits per heavy atom. The molecule has 88 valence electrons. The molecule has 0 radical (unpaired) electrons. The van der Waals surface area contributed by atoms with Crippen molar-refractivity contribution in [1.82, 2.24) is 4.98 Å². The molecule has 0 fully saturated rings. The van der Waals surface area contributed by atoms with Gasteiger partial charge in [0.05, 0.1) is 10.7 Å². The van der Waals surface area contributed by atoms with Gasteiger partial charge in [-0.3, -0.25) is 0 Å². The van der Waals surface area contributed by atoms with Crippen molar-refractivity contribution in [1.29, 1.82) is 0 Å². The molecule has 2 rings (SSSR count). The molecule has 0 amide bonds. The van der Waals surface area contributed by atoms with Crippen LogP contribution < -0.4 is 5.32 Å². The highest BCUT2D eigenvalue weighted by atomic mass is 127. The number of pyridine rings is 1. The molecule has 1 N–H and O–H groups in total. The monoisotopic (exact) mass is 366 g/mol. The summed E-state index contributed by atoms with van der Waals surface area (Å²) in [5.74, 6) is -0.846. The van der Waals surface area contributed by atoms with E-state index in [-0.39, 0.29) is 16.7 Å². The summed E-state index contributed by atoms with van der Waals surface area (Å²) < 4.78 is 27.0. The molecule has 1 aromatic carbocycles. The standard InChI is InChI=1S/C11H6ClF2IN2/c12-6-3-8(14)11(16-5-6)17-10-2-1-7(13)4-9(10)15/h1-5H,(H,16,17). The van der Waals surface area contributed by atoms with E-state index in [1.54, 1.807) is 0 Å². The third kappa shape index (κ3) is 3.04. The first-order valence-corrected chi connectivity index (χ1v) is 6.05. The van der Waals surface area contributed by atoms with E-state index < -0.39 is 5.82 Å². The van der Waals surface area contributed by atoms with Crippen LogP contribution in [-0.2, 0) is 0 Å². The summed E-state index contributed by atoms with van der Waals surface area (Å²) in [7, 11) is 0. The zero-order valence-electron chi connectivity index (χ0n) is 8.35. The third-order valence-corrected chi connectivity index (χ3v) is 3.09. The predicted molar refractivity (Wildman–Crippen MR) is 71.6 cm³/mol. The van der Waals surface area contributed by atoms with Crippen molar-refractivity contribution in [2.24, 2.45) is 0 Å². The summed E-state index contributed by atoms with van der Waals surface area (Å²) in [6.45, 7) is 0. The predicted octanol–water partition coefficient (Wildman–Crippen LogP) is 4.36. The fourth-order valence-corrected chi connectivity index (χ4v) is 1.98. The van der Waals surface area contributed by atoms with Gasteiger partial charge in [-0.05, 0) is 46.9 Å². The molecule has 1 heterocycles. The first-order chi connectivity index (χ1) is 8.06. The number of nitrogens with one attached hydrogen (secondary N) is 1. The molecule has 0 atom stereocenters. The first-order valence-electron chi connectivity index (χ1n) is 4.59. The molecule has 1 aromatic heterocycles. The van der Waals surface area contributed by atoms with Gasteiger partial charge in [0.25, 0.3) is 0 Å². The van der Waals surface area contributed by atoms with E-state index in [2.05, 4.69) is 10.3 Å². The Kier molecular flexibility index (Phi) is 3.78. The number of nitrogens with zero attached hydrogens (tertiary/aromatic N) is 1. The molecule has 17 heavy (non-hydrogen) atoms. The van der Waals surface area contributed by atoms with Gasteiger partial charge in [-0.2, -0.15) is 0 Å². The Bertz CT molecular complexity index is 514. The van der Waals surface area contributed by atoms with Crippen LogP contribution in [0.3, 0.4) is 0 Å². The lowest BCUT2D eigenvalue weighted by atomic mass is 10.3. The number of aromatic nitrogens is 1. The smallest absolute Gasteiger partial charge is 0.167 e. The Morgan fingerprint density at radius 1 is 1.24 bits per heavy atom. The number of benzene rings is 1. The number of halogens is 4. The summed E-state index contributed by atoms with van der Waals surface area (Å²) in [4.78, 5) is 3.82. The maximum Gasteiger partial charge on any atom is 0.167 e. The van der Waals surface area contributed by atoms with Crippen LogP contribution in [-0.4, -0.2) is 4.98 Å². The number of hydrogen-bond donors (Lipinski definition) is 1. The lowest BCUT2D eigenvalue weighted by molar-refractivity contribution is 0.625. The lowest BCUT2D eigenvalue weighted by Gasteiger charge is -2.08. The third-order valence-electron chi connectivity index (χ3n) is 1.99. The first kappa shape index (κ1) is 12.5. The van der Waals surface area contributed by atoms with E-state index >= 15 is 0 Å². The van der Waals surface area contributed by atoms with Crippen molar-refractivity contribution < 1.29 is 8.78 Å². The Morgan fingerprint density at radius 2 is 2.00 bits per heavy atom. The highest BCUT2D eigenvalue weighted by molar-refractivity contribution is 14.1. The van der Waals surface area contributed by atoms with Crippen LogP contribution in [0.1, 0.15) is 0 Å². The minimum Gasteiger partial charge on any atom is -0.337 e. The van der Waals surface area contributed by atoms with Crippen molar-refractivity contribution in [3.05, 3.63) is 50.7 Å². The molecule has 0 bridgehead atoms. The fraction of sp³-hybridized carbons (Fsp3) is 0. The van der Waals surface area contributed by atoms with Crippen molar-refractivity contribution in [2.45, 2.75) is 0 Å². The largest absolute Gasteiger partial charge is 0.337 e. The number of hydrogen-bond acceptors (Lipinski definition) is 2. The molecule has 0 aliphatic rings. The van der Waals surface area contributed by atoms with Crippen LogP contribution in [0.4, 0.5) is 20.3 Å². The highest BCUT2D eigenvalue weighted by Crippen LogP contribution is 2.24. The molecule has 0 aliphatic carbocycles. The van der Waals surface area contributed by atoms with Gasteiger partial charge in [0.15, 0.2) is 11.6 Å². The average molecular weight is 367 g/mol. The summed E-state index contributed by atoms with van der Waals surface area (Å²) in [5, 5.41) is 3.00. The average Bonchev–Trinajstić information content (AvgIpc) is 2.25. The molecule has 0 saturated heterocycles. The highest BCUT2D eigenvalue weighted by Gasteiger charge is 2.07. The van der Waals surface area contributed by atoms with Crippen LogP contribution in [0.25, 0.3) is 0 Å². The molecule has 6 heteroatoms. The van der Waals surface area contributed by atoms with Gasteiger partial charge in [-0.1, -0.05) is 11.6 Å². The number of rotatable bonds is 2. The lowest BCUT2D eigenvalue weighted by Crippen LogP contribution is -1.98. The van der Waals surface area contributed by atoms with Crippen LogP contribution in [0.5, 0.6) is 0 Å². The van der Waals surface area contributed by atoms with E-state index in [1.165, 1.54) is 24.4 Å². The maximum absolute atomic E-state index is 13.5. The Labute approximate surface area is 115 Å². The molecule has 0 saturated carbocycles. The molecular formula is C11H6ClF2IN2. The van der Waals surface area contributed by atoms with Crippen molar-refractivity contribution in [2.75, 3.05) is 5.32 Å². The quantitative estimate of drug-likeness (QED) is 0.799. The summed E-state index contributed by atoms with van der Waals surface area (Å²) in [5.41, 5.74) is 0.584. The minimum absolute atomic E-state index is 0.0546. The van der Waals surface area contributed by atoms with Crippen molar-refractivity contribution in [3.63, 3.8) is 0 Å². The summed E-state index contributed by atoms with van der Waals surface area (Å²) in [6, 6.07) is 5.31. The summed E-state index contributed by atoms with van der Waals surface area (Å²) >= 11 is 7.54. The normalized spacial score (nSPS) is 10.4. The summed E-state index contributed by atoms with van der Waals surface area (Å²) in [6.07, 6.45) is 1.34. The van der Waals surface area contributed by atoms with Crippen LogP contribution in [0.2, 0.25) is 5.02 Å². The van der Waals surface area contributed by atoms with Gasteiger partial charge >= 0.3 is 0 Å². The van der Waals surface area contributed by atoms with Gasteiger partial charge in [-0.15, -0.1) is 0 Å². The zero-order valence-corrected chi connectivity index (χ0v) is 11.3. The van der Waals surface area contributed by atoms with E-state index in [1.807, 2.05) is 22.6 Å². The van der Waals surface area contributed by atoms with Gasteiger partial charge in [-0.25, -0.2) is 13.8 Å². The molecule has 0 spiro atoms. The van der Waals surface area contributed by atoms with E-state index in [0.29, 0.717) is 9.26 Å². The van der Waals surface area contributed by atoms with Gasteiger partial charge < -0.3 is 5.32 Å². The molecule has 0 aliphatic heterocycles. The van der Waals surface area contributed by atoms with Crippen LogP contribution in [0, 0.1) is 15.2 Å². The molecule has 0 unspecified atom stereocenters. The second-order valence-electron chi connectivity index (χ2n) is 3.23. The maximum atomic E-state index is 13.5. The van der Waals surface area contributed by atoms with Gasteiger partial charge in [0.2, 0.25) is 0 Å². The van der Waals surface area contributed by atoms with Gasteiger partial charge in [0.1, 0.15) is 5.82 Å². The molecular weight excluding hydrogens is 360 g/mol. The van der Waals surface area contributed by atoms with Crippen molar-refractivity contribution >= 4 is 45.7 Å². The molecule has 2 nitrogen and oxygen atoms in total. The zero-order chi connectivity index (χ0) is 12.4. The SMILES string of the molecule is Fc1ccc(Nc2ncc(Cl)cc2F)c(I)c1. The van der Waals surface area contributed by atoms with E-state index in [9.17, 15) is 8.78 Å². The minimum atomic E-state index is -0.558. The number of anilines is 2. The molecule has 2 aromatic rings. The van der Waals surface area contributed by atoms with Gasteiger partial charge in [0, 0.05) is 9.77 Å². The van der Waals surface area contributed by atoms with Crippen molar-refractivity contribution in [3.8, 4) is 0 Å². The van der Waals surface area contributed by atoms with E-state index in [4.69, 9.17) is 11.6 Å². The fourth-order valence-electron chi connectivity index (χ4n) is 1.22. The van der Waals surface area contributed by atoms with Crippen LogP contribution >= 0.6 is 34.2 Å². The Balaban J connectivity index is 2.31. The topological polar surface area (TPSA) is 24.9 Å². The second kappa shape index (κ2) is 5.14.